The predicted octanol–water partition coefficient (Wildman–Crippen LogP) is 2.75. The van der Waals surface area contributed by atoms with E-state index in [0.717, 1.165) is 37.5 Å². The number of hydrogen-bond donors (Lipinski definition) is 1. The number of piperazine rings is 1. The highest BCUT2D eigenvalue weighted by Crippen LogP contribution is 2.25. The minimum absolute atomic E-state index is 0. The molecular weight excluding hydrogens is 335 g/mol. The second kappa shape index (κ2) is 6.60. The largest absolute Gasteiger partial charge is 0.368 e. The van der Waals surface area contributed by atoms with Gasteiger partial charge < -0.3 is 14.8 Å². The molecule has 1 fully saturated rings. The van der Waals surface area contributed by atoms with Crippen molar-refractivity contribution in [3.63, 3.8) is 0 Å². The van der Waals surface area contributed by atoms with Gasteiger partial charge in [-0.2, -0.15) is 9.97 Å². The molecule has 0 saturated carbocycles. The molecular formula is C15H16Cl2N6. The molecule has 120 valence electrons. The lowest BCUT2D eigenvalue weighted by Crippen LogP contribution is -2.47. The molecule has 0 aliphatic carbocycles. The standard InChI is InChI=1S/C15H15ClN6.ClH/c16-15-19-13-12(17-10-18-13)14(20-15)22-8-6-21(7-9-22)11-4-2-1-3-5-11;/h1-5,10H,6-9H2,(H,17,18,19,20);1H. The number of H-pyrrole nitrogens is 1. The summed E-state index contributed by atoms with van der Waals surface area (Å²) in [6, 6.07) is 10.5. The first-order valence-corrected chi connectivity index (χ1v) is 7.60. The molecule has 2 aromatic heterocycles. The fourth-order valence-corrected chi connectivity index (χ4v) is 3.00. The van der Waals surface area contributed by atoms with Gasteiger partial charge in [-0.3, -0.25) is 0 Å². The lowest BCUT2D eigenvalue weighted by molar-refractivity contribution is 0.648. The Bertz CT molecular complexity index is 783. The number of fused-ring (bicyclic) bond motifs is 1. The normalized spacial score (nSPS) is 14.8. The molecule has 1 saturated heterocycles. The zero-order valence-electron chi connectivity index (χ0n) is 12.3. The Morgan fingerprint density at radius 3 is 2.39 bits per heavy atom. The van der Waals surface area contributed by atoms with Crippen LogP contribution in [0.4, 0.5) is 11.5 Å². The number of nitrogens with zero attached hydrogens (tertiary/aromatic N) is 5. The van der Waals surface area contributed by atoms with Gasteiger partial charge in [0.2, 0.25) is 5.28 Å². The number of aromatic nitrogens is 4. The average Bonchev–Trinajstić information content (AvgIpc) is 3.03. The molecule has 0 radical (unpaired) electrons. The van der Waals surface area contributed by atoms with Crippen molar-refractivity contribution < 1.29 is 0 Å². The number of hydrogen-bond acceptors (Lipinski definition) is 5. The van der Waals surface area contributed by atoms with E-state index in [1.165, 1.54) is 5.69 Å². The summed E-state index contributed by atoms with van der Waals surface area (Å²) >= 11 is 6.01. The maximum absolute atomic E-state index is 6.01. The Labute approximate surface area is 144 Å². The van der Waals surface area contributed by atoms with E-state index in [-0.39, 0.29) is 17.7 Å². The van der Waals surface area contributed by atoms with Crippen LogP contribution in [-0.4, -0.2) is 46.1 Å². The Balaban J connectivity index is 0.00000156. The van der Waals surface area contributed by atoms with Crippen molar-refractivity contribution in [1.29, 1.82) is 0 Å². The fourth-order valence-electron chi connectivity index (χ4n) is 2.84. The van der Waals surface area contributed by atoms with E-state index in [1.807, 2.05) is 6.07 Å². The van der Waals surface area contributed by atoms with Crippen molar-refractivity contribution in [1.82, 2.24) is 19.9 Å². The van der Waals surface area contributed by atoms with E-state index in [1.54, 1.807) is 6.33 Å². The van der Waals surface area contributed by atoms with Gasteiger partial charge in [-0.25, -0.2) is 4.98 Å². The maximum Gasteiger partial charge on any atom is 0.226 e. The van der Waals surface area contributed by atoms with Gasteiger partial charge in [0.05, 0.1) is 6.33 Å². The predicted molar refractivity (Wildman–Crippen MR) is 94.8 cm³/mol. The summed E-state index contributed by atoms with van der Waals surface area (Å²) in [6.45, 7) is 3.66. The third-order valence-corrected chi connectivity index (χ3v) is 4.11. The quantitative estimate of drug-likeness (QED) is 0.720. The minimum Gasteiger partial charge on any atom is -0.368 e. The third-order valence-electron chi connectivity index (χ3n) is 3.94. The van der Waals surface area contributed by atoms with E-state index < -0.39 is 0 Å². The minimum atomic E-state index is 0. The van der Waals surface area contributed by atoms with Crippen LogP contribution in [0.2, 0.25) is 5.28 Å². The summed E-state index contributed by atoms with van der Waals surface area (Å²) in [5.74, 6) is 0.834. The Kier molecular flexibility index (Phi) is 4.54. The fraction of sp³-hybridized carbons (Fsp3) is 0.267. The molecule has 23 heavy (non-hydrogen) atoms. The molecule has 3 aromatic rings. The highest BCUT2D eigenvalue weighted by molar-refractivity contribution is 6.28. The highest BCUT2D eigenvalue weighted by atomic mass is 35.5. The first-order valence-electron chi connectivity index (χ1n) is 7.23. The zero-order valence-corrected chi connectivity index (χ0v) is 13.9. The SMILES string of the molecule is Cl.Clc1nc(N2CCN(c3ccccc3)CC2)c2[nH]cnc2n1. The van der Waals surface area contributed by atoms with E-state index >= 15 is 0 Å². The summed E-state index contributed by atoms with van der Waals surface area (Å²) in [7, 11) is 0. The van der Waals surface area contributed by atoms with Crippen molar-refractivity contribution in [3.8, 4) is 0 Å². The number of anilines is 2. The van der Waals surface area contributed by atoms with Crippen LogP contribution < -0.4 is 9.80 Å². The van der Waals surface area contributed by atoms with Crippen molar-refractivity contribution in [2.75, 3.05) is 36.0 Å². The number of nitrogens with one attached hydrogen (secondary N) is 1. The molecule has 6 nitrogen and oxygen atoms in total. The van der Waals surface area contributed by atoms with Gasteiger partial charge in [-0.1, -0.05) is 18.2 Å². The number of imidazole rings is 1. The van der Waals surface area contributed by atoms with Crippen molar-refractivity contribution in [3.05, 3.63) is 41.9 Å². The molecule has 0 bridgehead atoms. The summed E-state index contributed by atoms with van der Waals surface area (Å²) in [6.07, 6.45) is 1.62. The van der Waals surface area contributed by atoms with E-state index in [4.69, 9.17) is 11.6 Å². The topological polar surface area (TPSA) is 60.9 Å². The maximum atomic E-state index is 6.01. The molecule has 8 heteroatoms. The van der Waals surface area contributed by atoms with Gasteiger partial charge >= 0.3 is 0 Å². The van der Waals surface area contributed by atoms with Crippen LogP contribution in [0.15, 0.2) is 36.7 Å². The van der Waals surface area contributed by atoms with Crippen LogP contribution in [-0.2, 0) is 0 Å². The molecule has 1 aromatic carbocycles. The molecule has 1 aliphatic heterocycles. The summed E-state index contributed by atoms with van der Waals surface area (Å²) in [5.41, 5.74) is 2.72. The van der Waals surface area contributed by atoms with Crippen LogP contribution in [0.25, 0.3) is 11.2 Å². The van der Waals surface area contributed by atoms with Gasteiger partial charge in [0.1, 0.15) is 5.52 Å². The van der Waals surface area contributed by atoms with Crippen LogP contribution >= 0.6 is 24.0 Å². The van der Waals surface area contributed by atoms with Crippen LogP contribution in [0.1, 0.15) is 0 Å². The number of aromatic amines is 1. The van der Waals surface area contributed by atoms with E-state index in [0.29, 0.717) is 5.65 Å². The second-order valence-electron chi connectivity index (χ2n) is 5.23. The number of benzene rings is 1. The van der Waals surface area contributed by atoms with Gasteiger partial charge in [0.15, 0.2) is 11.5 Å². The number of para-hydroxylation sites is 1. The van der Waals surface area contributed by atoms with Gasteiger partial charge in [0, 0.05) is 31.9 Å². The van der Waals surface area contributed by atoms with Crippen molar-refractivity contribution in [2.24, 2.45) is 0 Å². The molecule has 0 amide bonds. The van der Waals surface area contributed by atoms with Crippen LogP contribution in [0, 0.1) is 0 Å². The van der Waals surface area contributed by atoms with Crippen LogP contribution in [0.3, 0.4) is 0 Å². The zero-order chi connectivity index (χ0) is 14.9. The van der Waals surface area contributed by atoms with Gasteiger partial charge in [0.25, 0.3) is 0 Å². The molecule has 1 N–H and O–H groups in total. The summed E-state index contributed by atoms with van der Waals surface area (Å²) in [5, 5.41) is 0.236. The smallest absolute Gasteiger partial charge is 0.226 e. The molecule has 1 aliphatic rings. The molecule has 0 unspecified atom stereocenters. The Morgan fingerprint density at radius 1 is 0.957 bits per heavy atom. The summed E-state index contributed by atoms with van der Waals surface area (Å²) in [4.78, 5) is 20.4. The molecule has 0 spiro atoms. The van der Waals surface area contributed by atoms with Crippen molar-refractivity contribution >= 4 is 46.7 Å². The lowest BCUT2D eigenvalue weighted by atomic mass is 10.2. The van der Waals surface area contributed by atoms with Crippen LogP contribution in [0.5, 0.6) is 0 Å². The molecule has 4 rings (SSSR count). The molecule has 0 atom stereocenters. The van der Waals surface area contributed by atoms with E-state index in [9.17, 15) is 0 Å². The monoisotopic (exact) mass is 350 g/mol. The third kappa shape index (κ3) is 3.04. The Hall–Kier alpha value is -2.05. The Morgan fingerprint density at radius 2 is 1.65 bits per heavy atom. The van der Waals surface area contributed by atoms with Gasteiger partial charge in [-0.05, 0) is 23.7 Å². The summed E-state index contributed by atoms with van der Waals surface area (Å²) < 4.78 is 0. The first-order chi connectivity index (χ1) is 10.8. The lowest BCUT2D eigenvalue weighted by Gasteiger charge is -2.36. The first kappa shape index (κ1) is 15.8. The van der Waals surface area contributed by atoms with Crippen molar-refractivity contribution in [2.45, 2.75) is 0 Å². The average molecular weight is 351 g/mol. The van der Waals surface area contributed by atoms with Gasteiger partial charge in [-0.15, -0.1) is 12.4 Å². The number of rotatable bonds is 2. The number of halogens is 2. The van der Waals surface area contributed by atoms with E-state index in [2.05, 4.69) is 54.0 Å². The highest BCUT2D eigenvalue weighted by Gasteiger charge is 2.21. The molecule has 3 heterocycles. The second-order valence-corrected chi connectivity index (χ2v) is 5.57.